The topological polar surface area (TPSA) is 20.2 Å². The van der Waals surface area contributed by atoms with Gasteiger partial charge in [0.15, 0.2) is 0 Å². The highest BCUT2D eigenvalue weighted by Crippen LogP contribution is 2.03. The number of hydrogen-bond acceptors (Lipinski definition) is 1. The van der Waals surface area contributed by atoms with Crippen LogP contribution in [0.4, 0.5) is 0 Å². The van der Waals surface area contributed by atoms with Crippen molar-refractivity contribution in [1.82, 2.24) is 0 Å². The van der Waals surface area contributed by atoms with E-state index in [9.17, 15) is 0 Å². The standard InChI is InChI=1S/C10H18O/c1-2-3-4-5-6-7-8-9-10-11/h2-3,9-11H,4-8H2,1H3. The fraction of sp³-hybridized carbons (Fsp3) is 0.600. The Balaban J connectivity index is 2.90. The molecule has 0 saturated carbocycles. The van der Waals surface area contributed by atoms with Gasteiger partial charge in [0.1, 0.15) is 0 Å². The molecule has 0 radical (unpaired) electrons. The van der Waals surface area contributed by atoms with Crippen LogP contribution >= 0.6 is 0 Å². The molecule has 0 aliphatic heterocycles. The van der Waals surface area contributed by atoms with Gasteiger partial charge in [0, 0.05) is 0 Å². The SMILES string of the molecule is CC=CCCCCCC=CO. The van der Waals surface area contributed by atoms with Crippen molar-refractivity contribution in [3.63, 3.8) is 0 Å². The van der Waals surface area contributed by atoms with Gasteiger partial charge >= 0.3 is 0 Å². The van der Waals surface area contributed by atoms with Crippen molar-refractivity contribution in [3.05, 3.63) is 24.5 Å². The van der Waals surface area contributed by atoms with Gasteiger partial charge in [0.2, 0.25) is 0 Å². The van der Waals surface area contributed by atoms with Crippen molar-refractivity contribution in [2.24, 2.45) is 0 Å². The van der Waals surface area contributed by atoms with Crippen LogP contribution in [0.2, 0.25) is 0 Å². The third kappa shape index (κ3) is 9.28. The second-order valence-corrected chi connectivity index (χ2v) is 2.59. The maximum Gasteiger partial charge on any atom is 0.0751 e. The summed E-state index contributed by atoms with van der Waals surface area (Å²) in [5, 5.41) is 8.32. The largest absolute Gasteiger partial charge is 0.516 e. The minimum absolute atomic E-state index is 1.01. The molecule has 0 aliphatic rings. The Morgan fingerprint density at radius 3 is 2.18 bits per heavy atom. The van der Waals surface area contributed by atoms with Crippen LogP contribution in [0.15, 0.2) is 24.5 Å². The Kier molecular flexibility index (Phi) is 8.67. The summed E-state index contributed by atoms with van der Waals surface area (Å²) >= 11 is 0. The summed E-state index contributed by atoms with van der Waals surface area (Å²) in [7, 11) is 0. The lowest BCUT2D eigenvalue weighted by Crippen LogP contribution is -1.74. The number of allylic oxidation sites excluding steroid dienone is 3. The van der Waals surface area contributed by atoms with Gasteiger partial charge in [-0.25, -0.2) is 0 Å². The Bertz CT molecular complexity index is 100. The van der Waals surface area contributed by atoms with Crippen molar-refractivity contribution < 1.29 is 5.11 Å². The van der Waals surface area contributed by atoms with Crippen LogP contribution in [0.5, 0.6) is 0 Å². The van der Waals surface area contributed by atoms with Gasteiger partial charge in [-0.15, -0.1) is 0 Å². The minimum atomic E-state index is 1.01. The lowest BCUT2D eigenvalue weighted by atomic mass is 10.1. The molecule has 0 saturated heterocycles. The van der Waals surface area contributed by atoms with Crippen LogP contribution in [0.3, 0.4) is 0 Å². The van der Waals surface area contributed by atoms with Crippen LogP contribution in [-0.4, -0.2) is 5.11 Å². The van der Waals surface area contributed by atoms with Crippen LogP contribution in [-0.2, 0) is 0 Å². The molecule has 0 aromatic heterocycles. The number of unbranched alkanes of at least 4 members (excludes halogenated alkanes) is 4. The van der Waals surface area contributed by atoms with Crippen LogP contribution in [0, 0.1) is 0 Å². The predicted octanol–water partition coefficient (Wildman–Crippen LogP) is 3.58. The van der Waals surface area contributed by atoms with Crippen LogP contribution in [0.1, 0.15) is 39.0 Å². The predicted molar refractivity (Wildman–Crippen MR) is 49.7 cm³/mol. The second-order valence-electron chi connectivity index (χ2n) is 2.59. The second kappa shape index (κ2) is 9.28. The lowest BCUT2D eigenvalue weighted by molar-refractivity contribution is 0.469. The van der Waals surface area contributed by atoms with Crippen LogP contribution < -0.4 is 0 Å². The van der Waals surface area contributed by atoms with Crippen molar-refractivity contribution in [3.8, 4) is 0 Å². The summed E-state index contributed by atoms with van der Waals surface area (Å²) in [5.41, 5.74) is 0. The zero-order valence-electron chi connectivity index (χ0n) is 7.29. The molecule has 0 rings (SSSR count). The quantitative estimate of drug-likeness (QED) is 0.352. The summed E-state index contributed by atoms with van der Waals surface area (Å²) in [6.07, 6.45) is 13.1. The first-order valence-electron chi connectivity index (χ1n) is 4.32. The summed E-state index contributed by atoms with van der Waals surface area (Å²) < 4.78 is 0. The lowest BCUT2D eigenvalue weighted by Gasteiger charge is -1.93. The number of aliphatic hydroxyl groups excluding tert-OH is 1. The fourth-order valence-electron chi connectivity index (χ4n) is 0.942. The van der Waals surface area contributed by atoms with Crippen LogP contribution in [0.25, 0.3) is 0 Å². The molecule has 1 heteroatoms. The summed E-state index contributed by atoms with van der Waals surface area (Å²) in [5.74, 6) is 0. The molecule has 0 heterocycles. The van der Waals surface area contributed by atoms with Gasteiger partial charge in [-0.05, 0) is 32.6 Å². The molecule has 0 spiro atoms. The Labute approximate surface area is 69.4 Å². The van der Waals surface area contributed by atoms with E-state index in [0.717, 1.165) is 12.7 Å². The monoisotopic (exact) mass is 154 g/mol. The number of aliphatic hydroxyl groups is 1. The molecule has 0 atom stereocenters. The van der Waals surface area contributed by atoms with E-state index in [1.165, 1.54) is 25.7 Å². The molecule has 1 N–H and O–H groups in total. The van der Waals surface area contributed by atoms with Gasteiger partial charge in [-0.1, -0.05) is 24.6 Å². The van der Waals surface area contributed by atoms with Crippen molar-refractivity contribution in [1.29, 1.82) is 0 Å². The smallest absolute Gasteiger partial charge is 0.0751 e. The van der Waals surface area contributed by atoms with Gasteiger partial charge in [0.25, 0.3) is 0 Å². The zero-order valence-corrected chi connectivity index (χ0v) is 7.29. The van der Waals surface area contributed by atoms with E-state index in [4.69, 9.17) is 5.11 Å². The minimum Gasteiger partial charge on any atom is -0.516 e. The van der Waals surface area contributed by atoms with Crippen molar-refractivity contribution in [2.45, 2.75) is 39.0 Å². The molecule has 11 heavy (non-hydrogen) atoms. The Hall–Kier alpha value is -0.720. The molecule has 64 valence electrons. The summed E-state index contributed by atoms with van der Waals surface area (Å²) in [4.78, 5) is 0. The van der Waals surface area contributed by atoms with Gasteiger partial charge in [-0.2, -0.15) is 0 Å². The van der Waals surface area contributed by atoms with E-state index in [1.54, 1.807) is 6.08 Å². The molecule has 0 aliphatic carbocycles. The van der Waals surface area contributed by atoms with E-state index < -0.39 is 0 Å². The molecule has 0 amide bonds. The summed E-state index contributed by atoms with van der Waals surface area (Å²) in [6, 6.07) is 0. The molecule has 1 nitrogen and oxygen atoms in total. The Morgan fingerprint density at radius 2 is 1.64 bits per heavy atom. The van der Waals surface area contributed by atoms with Crippen molar-refractivity contribution >= 4 is 0 Å². The number of hydrogen-bond donors (Lipinski definition) is 1. The van der Waals surface area contributed by atoms with E-state index in [-0.39, 0.29) is 0 Å². The van der Waals surface area contributed by atoms with E-state index in [0.29, 0.717) is 0 Å². The van der Waals surface area contributed by atoms with Gasteiger partial charge in [-0.3, -0.25) is 0 Å². The number of rotatable bonds is 6. The Morgan fingerprint density at radius 1 is 1.00 bits per heavy atom. The average Bonchev–Trinajstić information content (AvgIpc) is 2.03. The van der Waals surface area contributed by atoms with E-state index >= 15 is 0 Å². The average molecular weight is 154 g/mol. The van der Waals surface area contributed by atoms with Gasteiger partial charge in [0.05, 0.1) is 6.26 Å². The maximum absolute atomic E-state index is 8.32. The first-order valence-corrected chi connectivity index (χ1v) is 4.32. The third-order valence-corrected chi connectivity index (χ3v) is 1.58. The molecule has 0 unspecified atom stereocenters. The highest BCUT2D eigenvalue weighted by atomic mass is 16.2. The molecular weight excluding hydrogens is 136 g/mol. The van der Waals surface area contributed by atoms with E-state index in [1.807, 2.05) is 0 Å². The highest BCUT2D eigenvalue weighted by Gasteiger charge is 1.84. The molecule has 0 bridgehead atoms. The normalized spacial score (nSPS) is 11.7. The van der Waals surface area contributed by atoms with E-state index in [2.05, 4.69) is 19.1 Å². The molecule has 0 fully saturated rings. The first kappa shape index (κ1) is 10.3. The van der Waals surface area contributed by atoms with Gasteiger partial charge < -0.3 is 5.11 Å². The fourth-order valence-corrected chi connectivity index (χ4v) is 0.942. The first-order chi connectivity index (χ1) is 5.41. The molecule has 0 aromatic rings. The zero-order chi connectivity index (χ0) is 8.36. The molecule has 0 aromatic carbocycles. The van der Waals surface area contributed by atoms with Crippen molar-refractivity contribution in [2.75, 3.05) is 0 Å². The molecular formula is C10H18O. The maximum atomic E-state index is 8.32. The highest BCUT2D eigenvalue weighted by molar-refractivity contribution is 4.76. The summed E-state index contributed by atoms with van der Waals surface area (Å²) in [6.45, 7) is 2.05. The third-order valence-electron chi connectivity index (χ3n) is 1.58.